The molecule has 0 amide bonds. The van der Waals surface area contributed by atoms with Crippen molar-refractivity contribution in [2.24, 2.45) is 13.0 Å². The summed E-state index contributed by atoms with van der Waals surface area (Å²) in [7, 11) is 3.78. The zero-order chi connectivity index (χ0) is 12.5. The minimum Gasteiger partial charge on any atom is -0.337 e. The Balaban J connectivity index is 2.00. The van der Waals surface area contributed by atoms with Gasteiger partial charge in [0, 0.05) is 32.3 Å². The van der Waals surface area contributed by atoms with Gasteiger partial charge in [0.05, 0.1) is 6.04 Å². The van der Waals surface area contributed by atoms with Crippen molar-refractivity contribution >= 4 is 0 Å². The van der Waals surface area contributed by atoms with Crippen LogP contribution in [0, 0.1) is 5.92 Å². The van der Waals surface area contributed by atoms with Gasteiger partial charge in [0.15, 0.2) is 0 Å². The van der Waals surface area contributed by atoms with Crippen LogP contribution in [0.15, 0.2) is 12.4 Å². The van der Waals surface area contributed by atoms with Crippen molar-refractivity contribution in [3.05, 3.63) is 18.2 Å². The molecular weight excluding hydrogens is 224 g/mol. The van der Waals surface area contributed by atoms with Crippen molar-refractivity contribution in [2.75, 3.05) is 7.05 Å². The topological polar surface area (TPSA) is 29.9 Å². The third-order valence-corrected chi connectivity index (χ3v) is 3.59. The molecule has 0 aliphatic heterocycles. The first-order valence-electron chi connectivity index (χ1n) is 6.04. The normalized spacial score (nSPS) is 25.1. The molecule has 1 saturated carbocycles. The van der Waals surface area contributed by atoms with E-state index in [0.29, 0.717) is 6.42 Å². The van der Waals surface area contributed by atoms with Crippen molar-refractivity contribution in [3.63, 3.8) is 0 Å². The Morgan fingerprint density at radius 3 is 2.88 bits per heavy atom. The quantitative estimate of drug-likeness (QED) is 0.880. The number of nitrogens with zero attached hydrogens (tertiary/aromatic N) is 2. The second-order valence-corrected chi connectivity index (χ2v) is 4.94. The maximum Gasteiger partial charge on any atom is 0.248 e. The lowest BCUT2D eigenvalue weighted by molar-refractivity contribution is 0.00429. The summed E-state index contributed by atoms with van der Waals surface area (Å²) in [6.45, 7) is 0. The van der Waals surface area contributed by atoms with Gasteiger partial charge in [-0.3, -0.25) is 0 Å². The third kappa shape index (κ3) is 2.83. The van der Waals surface area contributed by atoms with E-state index in [4.69, 9.17) is 0 Å². The van der Waals surface area contributed by atoms with Crippen LogP contribution < -0.4 is 5.32 Å². The molecule has 0 radical (unpaired) electrons. The minimum absolute atomic E-state index is 0.0234. The average Bonchev–Trinajstić information content (AvgIpc) is 2.81. The van der Waals surface area contributed by atoms with Crippen molar-refractivity contribution in [3.8, 4) is 0 Å². The summed E-state index contributed by atoms with van der Waals surface area (Å²) in [6, 6.07) is 0.0638. The molecule has 1 aliphatic carbocycles. The van der Waals surface area contributed by atoms with Gasteiger partial charge in [-0.15, -0.1) is 0 Å². The van der Waals surface area contributed by atoms with E-state index in [1.54, 1.807) is 6.20 Å². The summed E-state index contributed by atoms with van der Waals surface area (Å²) in [5, 5.41) is 3.17. The van der Waals surface area contributed by atoms with E-state index in [-0.39, 0.29) is 24.8 Å². The van der Waals surface area contributed by atoms with Gasteiger partial charge in [-0.05, 0) is 25.8 Å². The van der Waals surface area contributed by atoms with Gasteiger partial charge >= 0.3 is 0 Å². The first-order valence-corrected chi connectivity index (χ1v) is 6.04. The smallest absolute Gasteiger partial charge is 0.248 e. The second kappa shape index (κ2) is 4.72. The Morgan fingerprint density at radius 2 is 2.41 bits per heavy atom. The van der Waals surface area contributed by atoms with Crippen molar-refractivity contribution in [2.45, 2.75) is 37.6 Å². The van der Waals surface area contributed by atoms with E-state index >= 15 is 0 Å². The number of hydrogen-bond donors (Lipinski definition) is 1. The van der Waals surface area contributed by atoms with Crippen LogP contribution in [0.4, 0.5) is 8.78 Å². The number of nitrogens with one attached hydrogen (secondary N) is 1. The van der Waals surface area contributed by atoms with Crippen molar-refractivity contribution in [1.82, 2.24) is 14.9 Å². The van der Waals surface area contributed by atoms with Crippen LogP contribution in [0.2, 0.25) is 0 Å². The molecule has 1 heterocycles. The van der Waals surface area contributed by atoms with E-state index in [2.05, 4.69) is 10.3 Å². The Labute approximate surface area is 100 Å². The largest absolute Gasteiger partial charge is 0.337 e. The number of alkyl halides is 2. The third-order valence-electron chi connectivity index (χ3n) is 3.59. The molecule has 1 aliphatic rings. The van der Waals surface area contributed by atoms with Crippen LogP contribution in [0.5, 0.6) is 0 Å². The van der Waals surface area contributed by atoms with Gasteiger partial charge in [0.2, 0.25) is 5.92 Å². The number of hydrogen-bond acceptors (Lipinski definition) is 2. The highest BCUT2D eigenvalue weighted by molar-refractivity contribution is 4.99. The van der Waals surface area contributed by atoms with Crippen LogP contribution in [0.3, 0.4) is 0 Å². The molecule has 0 bridgehead atoms. The molecule has 1 fully saturated rings. The molecule has 2 atom stereocenters. The van der Waals surface area contributed by atoms with Crippen LogP contribution in [0.1, 0.15) is 37.5 Å². The van der Waals surface area contributed by atoms with Gasteiger partial charge in [-0.2, -0.15) is 0 Å². The van der Waals surface area contributed by atoms with Crippen molar-refractivity contribution < 1.29 is 8.78 Å². The fraction of sp³-hybridized carbons (Fsp3) is 0.750. The van der Waals surface area contributed by atoms with Gasteiger partial charge in [-0.25, -0.2) is 13.8 Å². The monoisotopic (exact) mass is 243 g/mol. The summed E-state index contributed by atoms with van der Waals surface area (Å²) in [5.41, 5.74) is 0. The molecule has 0 spiro atoms. The van der Waals surface area contributed by atoms with E-state index < -0.39 is 5.92 Å². The molecule has 1 aromatic heterocycles. The number of aryl methyl sites for hydroxylation is 1. The van der Waals surface area contributed by atoms with E-state index in [1.807, 2.05) is 24.9 Å². The highest BCUT2D eigenvalue weighted by atomic mass is 19.3. The van der Waals surface area contributed by atoms with E-state index in [0.717, 1.165) is 12.2 Å². The molecule has 0 aromatic carbocycles. The summed E-state index contributed by atoms with van der Waals surface area (Å²) >= 11 is 0. The first kappa shape index (κ1) is 12.5. The van der Waals surface area contributed by atoms with E-state index in [1.165, 1.54) is 0 Å². The zero-order valence-corrected chi connectivity index (χ0v) is 10.3. The lowest BCUT2D eigenvalue weighted by Gasteiger charge is -2.19. The van der Waals surface area contributed by atoms with Gasteiger partial charge in [0.1, 0.15) is 5.82 Å². The maximum atomic E-state index is 13.1. The standard InChI is InChI=1S/C12H19F2N3/c1-15-10(11-16-5-6-17(11)2)7-9-3-4-12(13,14)8-9/h5-6,9-10,15H,3-4,7-8H2,1-2H3. The second-order valence-electron chi connectivity index (χ2n) is 4.94. The van der Waals surface area contributed by atoms with E-state index in [9.17, 15) is 8.78 Å². The molecular formula is C12H19F2N3. The minimum atomic E-state index is -2.45. The van der Waals surface area contributed by atoms with Crippen LogP contribution in [0.25, 0.3) is 0 Å². The number of halogens is 2. The van der Waals surface area contributed by atoms with Gasteiger partial charge < -0.3 is 9.88 Å². The highest BCUT2D eigenvalue weighted by Crippen LogP contribution is 2.42. The Morgan fingerprint density at radius 1 is 1.65 bits per heavy atom. The lowest BCUT2D eigenvalue weighted by atomic mass is 9.98. The fourth-order valence-electron chi connectivity index (χ4n) is 2.64. The first-order chi connectivity index (χ1) is 8.02. The molecule has 3 nitrogen and oxygen atoms in total. The number of aromatic nitrogens is 2. The van der Waals surface area contributed by atoms with Crippen LogP contribution >= 0.6 is 0 Å². The Hall–Kier alpha value is -0.970. The van der Waals surface area contributed by atoms with Gasteiger partial charge in [-0.1, -0.05) is 0 Å². The fourth-order valence-corrected chi connectivity index (χ4v) is 2.64. The molecule has 5 heteroatoms. The molecule has 17 heavy (non-hydrogen) atoms. The number of rotatable bonds is 4. The number of imidazole rings is 1. The summed E-state index contributed by atoms with van der Waals surface area (Å²) in [5.74, 6) is -1.44. The SMILES string of the molecule is CNC(CC1CCC(F)(F)C1)c1nccn1C. The molecule has 96 valence electrons. The summed E-state index contributed by atoms with van der Waals surface area (Å²) in [6.07, 6.45) is 5.03. The maximum absolute atomic E-state index is 13.1. The molecule has 0 saturated heterocycles. The Bertz CT molecular complexity index is 376. The predicted molar refractivity (Wildman–Crippen MR) is 61.9 cm³/mol. The summed E-state index contributed by atoms with van der Waals surface area (Å²) < 4.78 is 28.2. The van der Waals surface area contributed by atoms with Crippen LogP contribution in [-0.4, -0.2) is 22.5 Å². The molecule has 1 N–H and O–H groups in total. The molecule has 2 unspecified atom stereocenters. The highest BCUT2D eigenvalue weighted by Gasteiger charge is 2.40. The lowest BCUT2D eigenvalue weighted by Crippen LogP contribution is -2.23. The average molecular weight is 243 g/mol. The summed E-state index contributed by atoms with van der Waals surface area (Å²) in [4.78, 5) is 4.28. The van der Waals surface area contributed by atoms with Gasteiger partial charge in [0.25, 0.3) is 0 Å². The molecule has 2 rings (SSSR count). The van der Waals surface area contributed by atoms with Crippen molar-refractivity contribution in [1.29, 1.82) is 0 Å². The van der Waals surface area contributed by atoms with Crippen LogP contribution in [-0.2, 0) is 7.05 Å². The predicted octanol–water partition coefficient (Wildman–Crippen LogP) is 2.51. The Kier molecular flexibility index (Phi) is 3.47. The molecule has 1 aromatic rings. The zero-order valence-electron chi connectivity index (χ0n) is 10.3.